The summed E-state index contributed by atoms with van der Waals surface area (Å²) >= 11 is 9.27. The number of anilines is 1. The molecule has 1 aliphatic heterocycles. The predicted octanol–water partition coefficient (Wildman–Crippen LogP) is 4.14. The third-order valence-corrected chi connectivity index (χ3v) is 7.14. The highest BCUT2D eigenvalue weighted by Crippen LogP contribution is 2.25. The molecule has 0 atom stereocenters. The third-order valence-electron chi connectivity index (χ3n) is 4.00. The lowest BCUT2D eigenvalue weighted by Gasteiger charge is -2.15. The van der Waals surface area contributed by atoms with Crippen LogP contribution in [0.25, 0.3) is 0 Å². The highest BCUT2D eigenvalue weighted by molar-refractivity contribution is 9.10. The second-order valence-corrected chi connectivity index (χ2v) is 8.92. The molecule has 132 valence electrons. The minimum absolute atomic E-state index is 0.235. The predicted molar refractivity (Wildman–Crippen MR) is 102 cm³/mol. The molecular weight excluding hydrogens is 428 g/mol. The fourth-order valence-corrected chi connectivity index (χ4v) is 4.57. The van der Waals surface area contributed by atoms with E-state index < -0.39 is 10.0 Å². The largest absolute Gasteiger partial charge is 0.322 e. The molecule has 5 nitrogen and oxygen atoms in total. The summed E-state index contributed by atoms with van der Waals surface area (Å²) in [5.74, 6) is -0.315. The van der Waals surface area contributed by atoms with E-state index in [0.29, 0.717) is 33.8 Å². The number of benzene rings is 2. The van der Waals surface area contributed by atoms with Gasteiger partial charge in [-0.1, -0.05) is 11.6 Å². The van der Waals surface area contributed by atoms with Gasteiger partial charge in [0.05, 0.1) is 9.92 Å². The summed E-state index contributed by atoms with van der Waals surface area (Å²) in [5.41, 5.74) is 0.936. The Balaban J connectivity index is 1.74. The Labute approximate surface area is 160 Å². The van der Waals surface area contributed by atoms with Crippen LogP contribution in [-0.2, 0) is 10.0 Å². The summed E-state index contributed by atoms with van der Waals surface area (Å²) < 4.78 is 27.2. The summed E-state index contributed by atoms with van der Waals surface area (Å²) in [6.45, 7) is 1.12. The molecule has 2 aromatic carbocycles. The van der Waals surface area contributed by atoms with Crippen molar-refractivity contribution in [2.24, 2.45) is 0 Å². The normalized spacial score (nSPS) is 15.3. The van der Waals surface area contributed by atoms with Crippen LogP contribution in [0.15, 0.2) is 51.8 Å². The first-order chi connectivity index (χ1) is 11.9. The highest BCUT2D eigenvalue weighted by atomic mass is 79.9. The molecule has 0 bridgehead atoms. The molecule has 0 unspecified atom stereocenters. The van der Waals surface area contributed by atoms with Gasteiger partial charge in [0.15, 0.2) is 0 Å². The zero-order chi connectivity index (χ0) is 18.0. The molecule has 2 aromatic rings. The van der Waals surface area contributed by atoms with E-state index in [1.165, 1.54) is 16.4 Å². The number of nitrogens with one attached hydrogen (secondary N) is 1. The quantitative estimate of drug-likeness (QED) is 0.772. The maximum atomic E-state index is 12.5. The lowest BCUT2D eigenvalue weighted by atomic mass is 10.2. The number of carbonyl (C=O) groups is 1. The molecule has 0 saturated carbocycles. The molecule has 3 rings (SSSR count). The Morgan fingerprint density at radius 2 is 1.72 bits per heavy atom. The standard InChI is InChI=1S/C17H16BrClN2O3S/c18-15-8-3-12(11-16(15)19)17(22)20-13-4-6-14(7-5-13)25(23,24)21-9-1-2-10-21/h3-8,11H,1-2,9-10H2,(H,20,22). The first-order valence-corrected chi connectivity index (χ1v) is 10.4. The van der Waals surface area contributed by atoms with Gasteiger partial charge in [-0.2, -0.15) is 4.31 Å². The monoisotopic (exact) mass is 442 g/mol. The van der Waals surface area contributed by atoms with E-state index in [1.54, 1.807) is 30.3 Å². The smallest absolute Gasteiger partial charge is 0.255 e. The molecule has 1 fully saturated rings. The van der Waals surface area contributed by atoms with Crippen LogP contribution in [0.4, 0.5) is 5.69 Å². The Kier molecular flexibility index (Phi) is 5.48. The topological polar surface area (TPSA) is 66.5 Å². The van der Waals surface area contributed by atoms with Gasteiger partial charge in [0.25, 0.3) is 5.91 Å². The van der Waals surface area contributed by atoms with Crippen molar-refractivity contribution in [2.45, 2.75) is 17.7 Å². The summed E-state index contributed by atoms with van der Waals surface area (Å²) in [7, 11) is -3.45. The van der Waals surface area contributed by atoms with Crippen molar-refractivity contribution in [3.63, 3.8) is 0 Å². The molecule has 0 spiro atoms. The summed E-state index contributed by atoms with van der Waals surface area (Å²) in [5, 5.41) is 3.18. The van der Waals surface area contributed by atoms with Gasteiger partial charge < -0.3 is 5.32 Å². The van der Waals surface area contributed by atoms with E-state index in [-0.39, 0.29) is 10.8 Å². The molecule has 1 heterocycles. The molecule has 0 aromatic heterocycles. The van der Waals surface area contributed by atoms with Crippen molar-refractivity contribution in [2.75, 3.05) is 18.4 Å². The maximum absolute atomic E-state index is 12.5. The molecule has 1 saturated heterocycles. The Morgan fingerprint density at radius 3 is 2.32 bits per heavy atom. The van der Waals surface area contributed by atoms with E-state index in [4.69, 9.17) is 11.6 Å². The molecule has 0 aliphatic carbocycles. The van der Waals surface area contributed by atoms with Crippen molar-refractivity contribution < 1.29 is 13.2 Å². The minimum Gasteiger partial charge on any atom is -0.322 e. The number of hydrogen-bond donors (Lipinski definition) is 1. The van der Waals surface area contributed by atoms with E-state index in [2.05, 4.69) is 21.2 Å². The van der Waals surface area contributed by atoms with Gasteiger partial charge in [-0.25, -0.2) is 8.42 Å². The SMILES string of the molecule is O=C(Nc1ccc(S(=O)(=O)N2CCCC2)cc1)c1ccc(Br)c(Cl)c1. The second kappa shape index (κ2) is 7.45. The number of amides is 1. The Hall–Kier alpha value is -1.41. The molecule has 1 amide bonds. The molecular formula is C17H16BrClN2O3S. The zero-order valence-corrected chi connectivity index (χ0v) is 16.4. The van der Waals surface area contributed by atoms with E-state index in [1.807, 2.05) is 0 Å². The average molecular weight is 444 g/mol. The van der Waals surface area contributed by atoms with Crippen molar-refractivity contribution in [3.05, 3.63) is 57.5 Å². The number of halogens is 2. The van der Waals surface area contributed by atoms with Crippen LogP contribution in [0.2, 0.25) is 5.02 Å². The minimum atomic E-state index is -3.45. The second-order valence-electron chi connectivity index (χ2n) is 5.72. The average Bonchev–Trinajstić information content (AvgIpc) is 3.13. The van der Waals surface area contributed by atoms with E-state index in [9.17, 15) is 13.2 Å². The van der Waals surface area contributed by atoms with Crippen molar-refractivity contribution in [1.29, 1.82) is 0 Å². The van der Waals surface area contributed by atoms with Crippen LogP contribution >= 0.6 is 27.5 Å². The lowest BCUT2D eigenvalue weighted by Crippen LogP contribution is -2.27. The van der Waals surface area contributed by atoms with Crippen LogP contribution in [0.5, 0.6) is 0 Å². The van der Waals surface area contributed by atoms with Crippen LogP contribution in [0, 0.1) is 0 Å². The van der Waals surface area contributed by atoms with E-state index >= 15 is 0 Å². The number of sulfonamides is 1. The summed E-state index contributed by atoms with van der Waals surface area (Å²) in [6, 6.07) is 11.1. The summed E-state index contributed by atoms with van der Waals surface area (Å²) in [6.07, 6.45) is 1.78. The molecule has 8 heteroatoms. The van der Waals surface area contributed by atoms with Gasteiger partial charge in [0.2, 0.25) is 10.0 Å². The highest BCUT2D eigenvalue weighted by Gasteiger charge is 2.26. The fourth-order valence-electron chi connectivity index (χ4n) is 2.63. The van der Waals surface area contributed by atoms with Crippen molar-refractivity contribution in [3.8, 4) is 0 Å². The van der Waals surface area contributed by atoms with Crippen molar-refractivity contribution in [1.82, 2.24) is 4.31 Å². The van der Waals surface area contributed by atoms with Crippen LogP contribution in [0.1, 0.15) is 23.2 Å². The van der Waals surface area contributed by atoms with Crippen molar-refractivity contribution >= 4 is 49.1 Å². The molecule has 0 radical (unpaired) electrons. The van der Waals surface area contributed by atoms with Crippen LogP contribution in [0.3, 0.4) is 0 Å². The maximum Gasteiger partial charge on any atom is 0.255 e. The lowest BCUT2D eigenvalue weighted by molar-refractivity contribution is 0.102. The van der Waals surface area contributed by atoms with Gasteiger partial charge in [-0.05, 0) is 71.2 Å². The third kappa shape index (κ3) is 4.06. The number of carbonyl (C=O) groups excluding carboxylic acids is 1. The molecule has 1 N–H and O–H groups in total. The first kappa shape index (κ1) is 18.4. The number of nitrogens with zero attached hydrogens (tertiary/aromatic N) is 1. The van der Waals surface area contributed by atoms with Crippen LogP contribution < -0.4 is 5.32 Å². The van der Waals surface area contributed by atoms with Crippen LogP contribution in [-0.4, -0.2) is 31.7 Å². The van der Waals surface area contributed by atoms with E-state index in [0.717, 1.165) is 12.8 Å². The van der Waals surface area contributed by atoms with Gasteiger partial charge in [-0.3, -0.25) is 4.79 Å². The number of rotatable bonds is 4. The van der Waals surface area contributed by atoms with Gasteiger partial charge in [0.1, 0.15) is 0 Å². The first-order valence-electron chi connectivity index (χ1n) is 7.74. The van der Waals surface area contributed by atoms with Gasteiger partial charge in [-0.15, -0.1) is 0 Å². The van der Waals surface area contributed by atoms with Gasteiger partial charge in [0, 0.05) is 28.8 Å². The fraction of sp³-hybridized carbons (Fsp3) is 0.235. The molecule has 1 aliphatic rings. The Bertz CT molecular complexity index is 895. The summed E-state index contributed by atoms with van der Waals surface area (Å²) in [4.78, 5) is 12.5. The Morgan fingerprint density at radius 1 is 1.08 bits per heavy atom. The molecule has 25 heavy (non-hydrogen) atoms. The zero-order valence-electron chi connectivity index (χ0n) is 13.2. The van der Waals surface area contributed by atoms with Gasteiger partial charge >= 0.3 is 0 Å². The number of hydrogen-bond acceptors (Lipinski definition) is 3.